The monoisotopic (exact) mass is 358 g/mol. The molecule has 0 saturated carbocycles. The number of piperidine rings is 1. The second-order valence-electron chi connectivity index (χ2n) is 7.68. The van der Waals surface area contributed by atoms with E-state index < -0.39 is 6.10 Å². The summed E-state index contributed by atoms with van der Waals surface area (Å²) in [6.07, 6.45) is 2.46. The van der Waals surface area contributed by atoms with Gasteiger partial charge in [0.15, 0.2) is 5.78 Å². The zero-order valence-electron chi connectivity index (χ0n) is 16.1. The number of hydrogen-bond donors (Lipinski definition) is 1. The number of aliphatic hydroxyl groups excluding tert-OH is 1. The Balaban J connectivity index is 1.94. The molecule has 0 aliphatic carbocycles. The minimum Gasteiger partial charge on any atom is -0.391 e. The molecule has 142 valence electrons. The minimum absolute atomic E-state index is 0.00682. The fourth-order valence-electron chi connectivity index (χ4n) is 4.65. The van der Waals surface area contributed by atoms with E-state index in [1.807, 2.05) is 5.06 Å². The van der Waals surface area contributed by atoms with Crippen molar-refractivity contribution in [1.29, 1.82) is 0 Å². The Kier molecular flexibility index (Phi) is 5.63. The van der Waals surface area contributed by atoms with Gasteiger partial charge in [-0.25, -0.2) is 0 Å². The average molecular weight is 358 g/mol. The largest absolute Gasteiger partial charge is 0.391 e. The van der Waals surface area contributed by atoms with Gasteiger partial charge >= 0.3 is 0 Å². The SMILES string of the molecule is C=CC(=O)CN1CC(c2cc(C)ccc2C)C(O)C12CCN(OC)CC2. The summed E-state index contributed by atoms with van der Waals surface area (Å²) < 4.78 is 0. The number of aryl methyl sites for hydroxylation is 2. The van der Waals surface area contributed by atoms with E-state index in [-0.39, 0.29) is 17.2 Å². The normalized spacial score (nSPS) is 26.3. The topological polar surface area (TPSA) is 53.0 Å². The lowest BCUT2D eigenvalue weighted by molar-refractivity contribution is -0.169. The first-order chi connectivity index (χ1) is 12.4. The van der Waals surface area contributed by atoms with Crippen LogP contribution >= 0.6 is 0 Å². The third-order valence-corrected chi connectivity index (χ3v) is 6.23. The zero-order valence-corrected chi connectivity index (χ0v) is 16.1. The van der Waals surface area contributed by atoms with Crippen LogP contribution in [-0.4, -0.2) is 65.8 Å². The van der Waals surface area contributed by atoms with Gasteiger partial charge in [-0.05, 0) is 43.9 Å². The summed E-state index contributed by atoms with van der Waals surface area (Å²) in [4.78, 5) is 19.7. The van der Waals surface area contributed by atoms with E-state index in [2.05, 4.69) is 43.5 Å². The van der Waals surface area contributed by atoms with E-state index in [1.54, 1.807) is 7.11 Å². The lowest BCUT2D eigenvalue weighted by Crippen LogP contribution is -2.58. The molecule has 5 nitrogen and oxygen atoms in total. The number of likely N-dealkylation sites (tertiary alicyclic amines) is 1. The highest BCUT2D eigenvalue weighted by molar-refractivity contribution is 5.90. The molecule has 1 aromatic carbocycles. The molecule has 0 amide bonds. The third kappa shape index (κ3) is 3.37. The van der Waals surface area contributed by atoms with Gasteiger partial charge in [0.1, 0.15) is 0 Å². The lowest BCUT2D eigenvalue weighted by Gasteiger charge is -2.45. The van der Waals surface area contributed by atoms with Gasteiger partial charge in [-0.1, -0.05) is 30.3 Å². The molecule has 2 atom stereocenters. The summed E-state index contributed by atoms with van der Waals surface area (Å²) in [7, 11) is 1.68. The number of ketones is 1. The summed E-state index contributed by atoms with van der Waals surface area (Å²) in [6, 6.07) is 6.40. The molecular formula is C21H30N2O3. The van der Waals surface area contributed by atoms with Crippen molar-refractivity contribution in [1.82, 2.24) is 9.96 Å². The van der Waals surface area contributed by atoms with Crippen LogP contribution in [0.3, 0.4) is 0 Å². The van der Waals surface area contributed by atoms with Gasteiger partial charge in [0.25, 0.3) is 0 Å². The van der Waals surface area contributed by atoms with Crippen LogP contribution in [0.2, 0.25) is 0 Å². The average Bonchev–Trinajstić information content (AvgIpc) is 2.90. The van der Waals surface area contributed by atoms with E-state index >= 15 is 0 Å². The van der Waals surface area contributed by atoms with Crippen molar-refractivity contribution in [2.45, 2.75) is 44.2 Å². The van der Waals surface area contributed by atoms with Crippen LogP contribution in [0.25, 0.3) is 0 Å². The molecular weight excluding hydrogens is 328 g/mol. The maximum Gasteiger partial charge on any atom is 0.169 e. The van der Waals surface area contributed by atoms with Crippen molar-refractivity contribution in [2.75, 3.05) is 33.3 Å². The first kappa shape index (κ1) is 19.2. The molecule has 3 rings (SSSR count). The molecule has 2 aliphatic rings. The zero-order chi connectivity index (χ0) is 18.9. The Morgan fingerprint density at radius 3 is 2.69 bits per heavy atom. The molecule has 2 heterocycles. The number of carbonyl (C=O) groups is 1. The van der Waals surface area contributed by atoms with Crippen molar-refractivity contribution < 1.29 is 14.7 Å². The van der Waals surface area contributed by atoms with E-state index in [1.165, 1.54) is 22.8 Å². The molecule has 0 radical (unpaired) electrons. The maximum atomic E-state index is 12.1. The highest BCUT2D eigenvalue weighted by Gasteiger charge is 2.54. The van der Waals surface area contributed by atoms with Crippen molar-refractivity contribution in [3.63, 3.8) is 0 Å². The summed E-state index contributed by atoms with van der Waals surface area (Å²) in [5.74, 6) is 0.0222. The molecule has 0 aromatic heterocycles. The predicted molar refractivity (Wildman–Crippen MR) is 102 cm³/mol. The van der Waals surface area contributed by atoms with Gasteiger partial charge < -0.3 is 9.94 Å². The van der Waals surface area contributed by atoms with Crippen molar-refractivity contribution in [3.05, 3.63) is 47.5 Å². The number of aliphatic hydroxyl groups is 1. The predicted octanol–water partition coefficient (Wildman–Crippen LogP) is 2.21. The van der Waals surface area contributed by atoms with Crippen LogP contribution in [0.1, 0.15) is 35.4 Å². The van der Waals surface area contributed by atoms with Crippen LogP contribution in [0.5, 0.6) is 0 Å². The van der Waals surface area contributed by atoms with Gasteiger partial charge in [-0.3, -0.25) is 9.69 Å². The lowest BCUT2D eigenvalue weighted by atomic mass is 9.78. The quantitative estimate of drug-likeness (QED) is 0.818. The van der Waals surface area contributed by atoms with Gasteiger partial charge in [0.2, 0.25) is 0 Å². The molecule has 1 aromatic rings. The van der Waals surface area contributed by atoms with Crippen LogP contribution in [0.15, 0.2) is 30.9 Å². The molecule has 5 heteroatoms. The number of benzene rings is 1. The minimum atomic E-state index is -0.500. The Labute approximate surface area is 156 Å². The summed E-state index contributed by atoms with van der Waals surface area (Å²) in [5.41, 5.74) is 3.21. The number of carbonyl (C=O) groups excluding carboxylic acids is 1. The van der Waals surface area contributed by atoms with Gasteiger partial charge in [0.05, 0.1) is 25.3 Å². The summed E-state index contributed by atoms with van der Waals surface area (Å²) in [6.45, 7) is 10.3. The number of rotatable bonds is 5. The fraction of sp³-hybridized carbons (Fsp3) is 0.571. The number of hydroxylamine groups is 2. The number of hydrogen-bond acceptors (Lipinski definition) is 5. The smallest absolute Gasteiger partial charge is 0.169 e. The number of nitrogens with zero attached hydrogens (tertiary/aromatic N) is 2. The van der Waals surface area contributed by atoms with Crippen molar-refractivity contribution >= 4 is 5.78 Å². The Morgan fingerprint density at radius 1 is 1.38 bits per heavy atom. The van der Waals surface area contributed by atoms with Crippen LogP contribution in [0.4, 0.5) is 0 Å². The van der Waals surface area contributed by atoms with Crippen LogP contribution in [0, 0.1) is 13.8 Å². The first-order valence-corrected chi connectivity index (χ1v) is 9.36. The molecule has 2 unspecified atom stereocenters. The van der Waals surface area contributed by atoms with Crippen LogP contribution < -0.4 is 0 Å². The maximum absolute atomic E-state index is 12.1. The Hall–Kier alpha value is -1.53. The standard InChI is InChI=1S/C21H30N2O3/c1-5-17(24)13-22-14-19(18-12-15(2)6-7-16(18)3)20(25)21(22)8-10-23(26-4)11-9-21/h5-7,12,19-20,25H,1,8-11,13-14H2,2-4H3. The van der Waals surface area contributed by atoms with E-state index in [0.29, 0.717) is 13.1 Å². The van der Waals surface area contributed by atoms with Gasteiger partial charge in [-0.15, -0.1) is 0 Å². The van der Waals surface area contributed by atoms with Gasteiger partial charge in [0, 0.05) is 25.6 Å². The Bertz CT molecular complexity index is 680. The van der Waals surface area contributed by atoms with Crippen LogP contribution in [-0.2, 0) is 9.63 Å². The highest BCUT2D eigenvalue weighted by atomic mass is 16.7. The molecule has 2 saturated heterocycles. The summed E-state index contributed by atoms with van der Waals surface area (Å²) in [5, 5.41) is 13.3. The molecule has 1 N–H and O–H groups in total. The second-order valence-corrected chi connectivity index (χ2v) is 7.68. The van der Waals surface area contributed by atoms with E-state index in [9.17, 15) is 9.90 Å². The first-order valence-electron chi connectivity index (χ1n) is 9.36. The van der Waals surface area contributed by atoms with Crippen molar-refractivity contribution in [3.8, 4) is 0 Å². The fourth-order valence-corrected chi connectivity index (χ4v) is 4.65. The second kappa shape index (κ2) is 7.61. The molecule has 0 bridgehead atoms. The van der Waals surface area contributed by atoms with E-state index in [4.69, 9.17) is 4.84 Å². The molecule has 26 heavy (non-hydrogen) atoms. The molecule has 2 aliphatic heterocycles. The third-order valence-electron chi connectivity index (χ3n) is 6.23. The van der Waals surface area contributed by atoms with Gasteiger partial charge in [-0.2, -0.15) is 5.06 Å². The molecule has 2 fully saturated rings. The van der Waals surface area contributed by atoms with E-state index in [0.717, 1.165) is 25.9 Å². The Morgan fingerprint density at radius 2 is 2.08 bits per heavy atom. The molecule has 1 spiro atoms. The summed E-state index contributed by atoms with van der Waals surface area (Å²) >= 11 is 0. The highest BCUT2D eigenvalue weighted by Crippen LogP contribution is 2.45. The van der Waals surface area contributed by atoms with Crippen molar-refractivity contribution in [2.24, 2.45) is 0 Å².